The van der Waals surface area contributed by atoms with E-state index in [1.54, 1.807) is 13.0 Å². The van der Waals surface area contributed by atoms with E-state index in [0.717, 1.165) is 9.78 Å². The fourth-order valence-electron chi connectivity index (χ4n) is 2.72. The molecule has 1 aliphatic rings. The van der Waals surface area contributed by atoms with Gasteiger partial charge >= 0.3 is 6.03 Å². The molecule has 0 bridgehead atoms. The minimum Gasteiger partial charge on any atom is -0.439 e. The lowest BCUT2D eigenvalue weighted by Crippen LogP contribution is -2.40. The minimum absolute atomic E-state index is 0.109. The van der Waals surface area contributed by atoms with Crippen LogP contribution in [0.25, 0.3) is 11.1 Å². The quantitative estimate of drug-likeness (QED) is 0.741. The summed E-state index contributed by atoms with van der Waals surface area (Å²) in [6.45, 7) is 1.56. The number of carbonyl (C=O) groups is 2. The minimum atomic E-state index is -1.09. The van der Waals surface area contributed by atoms with Gasteiger partial charge in [-0.15, -0.1) is 11.3 Å². The maximum Gasteiger partial charge on any atom is 0.325 e. The Morgan fingerprint density at radius 3 is 2.96 bits per heavy atom. The van der Waals surface area contributed by atoms with Gasteiger partial charge in [-0.05, 0) is 30.5 Å². The highest BCUT2D eigenvalue weighted by Crippen LogP contribution is 2.32. The first kappa shape index (κ1) is 14.8. The van der Waals surface area contributed by atoms with Gasteiger partial charge in [0.2, 0.25) is 5.89 Å². The number of thiophene rings is 1. The summed E-state index contributed by atoms with van der Waals surface area (Å²) in [6.07, 6.45) is 0. The first-order valence-electron chi connectivity index (χ1n) is 7.20. The van der Waals surface area contributed by atoms with E-state index in [0.29, 0.717) is 11.1 Å². The monoisotopic (exact) mass is 345 g/mol. The third-order valence-electron chi connectivity index (χ3n) is 3.98. The van der Waals surface area contributed by atoms with Crippen LogP contribution in [0, 0.1) is 5.82 Å². The van der Waals surface area contributed by atoms with Crippen molar-refractivity contribution in [1.82, 2.24) is 15.2 Å². The first-order valence-corrected chi connectivity index (χ1v) is 8.08. The van der Waals surface area contributed by atoms with E-state index in [4.69, 9.17) is 4.42 Å². The van der Waals surface area contributed by atoms with Gasteiger partial charge in [0.15, 0.2) is 11.1 Å². The van der Waals surface area contributed by atoms with Crippen molar-refractivity contribution in [1.29, 1.82) is 0 Å². The largest absolute Gasteiger partial charge is 0.439 e. The molecule has 0 aliphatic carbocycles. The molecule has 6 nitrogen and oxygen atoms in total. The molecular formula is C16H12FN3O3S. The molecule has 0 spiro atoms. The maximum absolute atomic E-state index is 13.2. The fraction of sp³-hybridized carbons (Fsp3) is 0.188. The van der Waals surface area contributed by atoms with Crippen molar-refractivity contribution >= 4 is 34.4 Å². The van der Waals surface area contributed by atoms with Crippen LogP contribution in [0.4, 0.5) is 9.18 Å². The van der Waals surface area contributed by atoms with Crippen LogP contribution in [0.5, 0.6) is 0 Å². The summed E-state index contributed by atoms with van der Waals surface area (Å²) in [5.41, 5.74) is -0.346. The van der Waals surface area contributed by atoms with Crippen LogP contribution in [0.3, 0.4) is 0 Å². The van der Waals surface area contributed by atoms with E-state index in [1.165, 1.54) is 29.5 Å². The second-order valence-electron chi connectivity index (χ2n) is 5.64. The molecule has 3 amide bonds. The second kappa shape index (κ2) is 5.13. The summed E-state index contributed by atoms with van der Waals surface area (Å²) in [7, 11) is 0. The van der Waals surface area contributed by atoms with E-state index in [9.17, 15) is 14.0 Å². The number of hydrogen-bond donors (Lipinski definition) is 1. The zero-order chi connectivity index (χ0) is 16.9. The highest BCUT2D eigenvalue weighted by atomic mass is 32.1. The molecule has 122 valence electrons. The second-order valence-corrected chi connectivity index (χ2v) is 6.59. The number of rotatable bonds is 3. The Kier molecular flexibility index (Phi) is 3.17. The molecule has 0 saturated carbocycles. The predicted molar refractivity (Wildman–Crippen MR) is 84.7 cm³/mol. The van der Waals surface area contributed by atoms with Crippen LogP contribution in [0.15, 0.2) is 40.1 Å². The van der Waals surface area contributed by atoms with Gasteiger partial charge in [0.05, 0.1) is 0 Å². The Balaban J connectivity index is 1.64. The summed E-state index contributed by atoms with van der Waals surface area (Å²) in [4.78, 5) is 30.9. The third-order valence-corrected chi connectivity index (χ3v) is 5.07. The zero-order valence-electron chi connectivity index (χ0n) is 12.6. The number of nitrogens with zero attached hydrogens (tertiary/aromatic N) is 2. The molecule has 1 saturated heterocycles. The molecule has 1 atom stereocenters. The molecule has 1 unspecified atom stereocenters. The number of amides is 3. The Bertz CT molecular complexity index is 953. The van der Waals surface area contributed by atoms with Crippen molar-refractivity contribution in [3.8, 4) is 0 Å². The van der Waals surface area contributed by atoms with Gasteiger partial charge in [-0.25, -0.2) is 14.2 Å². The smallest absolute Gasteiger partial charge is 0.325 e. The molecule has 1 aromatic carbocycles. The Labute approximate surface area is 139 Å². The van der Waals surface area contributed by atoms with Crippen molar-refractivity contribution in [2.24, 2.45) is 0 Å². The van der Waals surface area contributed by atoms with Crippen LogP contribution in [-0.4, -0.2) is 21.8 Å². The number of hydrogen-bond acceptors (Lipinski definition) is 5. The van der Waals surface area contributed by atoms with Gasteiger partial charge in [0.1, 0.15) is 17.9 Å². The highest BCUT2D eigenvalue weighted by molar-refractivity contribution is 7.10. The van der Waals surface area contributed by atoms with Gasteiger partial charge in [0, 0.05) is 10.9 Å². The number of nitrogens with one attached hydrogen (secondary N) is 1. The number of imide groups is 1. The molecule has 3 heterocycles. The van der Waals surface area contributed by atoms with E-state index in [2.05, 4.69) is 10.3 Å². The van der Waals surface area contributed by atoms with Gasteiger partial charge in [-0.3, -0.25) is 9.69 Å². The summed E-state index contributed by atoms with van der Waals surface area (Å²) < 4.78 is 18.7. The average molecular weight is 345 g/mol. The third kappa shape index (κ3) is 2.18. The summed E-state index contributed by atoms with van der Waals surface area (Å²) in [6, 6.07) is 7.08. The van der Waals surface area contributed by atoms with Crippen molar-refractivity contribution in [2.75, 3.05) is 0 Å². The van der Waals surface area contributed by atoms with Crippen LogP contribution >= 0.6 is 11.3 Å². The summed E-state index contributed by atoms with van der Waals surface area (Å²) in [5.74, 6) is -0.625. The Hall–Kier alpha value is -2.74. The van der Waals surface area contributed by atoms with E-state index < -0.39 is 17.4 Å². The molecule has 3 aromatic rings. The zero-order valence-corrected chi connectivity index (χ0v) is 13.4. The first-order chi connectivity index (χ1) is 11.5. The average Bonchev–Trinajstić information content (AvgIpc) is 3.24. The Morgan fingerprint density at radius 2 is 2.21 bits per heavy atom. The lowest BCUT2D eigenvalue weighted by Gasteiger charge is -2.19. The van der Waals surface area contributed by atoms with Gasteiger partial charge in [0.25, 0.3) is 5.91 Å². The number of urea groups is 1. The van der Waals surface area contributed by atoms with Gasteiger partial charge in [-0.2, -0.15) is 0 Å². The van der Waals surface area contributed by atoms with E-state index >= 15 is 0 Å². The molecule has 0 radical (unpaired) electrons. The SMILES string of the molecule is CC1(c2cccs2)NC(=O)N(Cc2nc3cc(F)ccc3o2)C1=O. The molecule has 2 aromatic heterocycles. The standard InChI is InChI=1S/C16H12FN3O3S/c1-16(12-3-2-6-24-12)14(21)20(15(22)19-16)8-13-18-10-7-9(17)4-5-11(10)23-13/h2-7H,8H2,1H3,(H,19,22). The number of aromatic nitrogens is 1. The molecule has 24 heavy (non-hydrogen) atoms. The predicted octanol–water partition coefficient (Wildman–Crippen LogP) is 3.00. The molecule has 1 aliphatic heterocycles. The number of fused-ring (bicyclic) bond motifs is 1. The van der Waals surface area contributed by atoms with Crippen molar-refractivity contribution in [3.63, 3.8) is 0 Å². The van der Waals surface area contributed by atoms with Crippen LogP contribution in [0.1, 0.15) is 17.7 Å². The van der Waals surface area contributed by atoms with Crippen LogP contribution in [-0.2, 0) is 16.9 Å². The molecule has 1 fully saturated rings. The van der Waals surface area contributed by atoms with Crippen molar-refractivity contribution < 1.29 is 18.4 Å². The molecular weight excluding hydrogens is 333 g/mol. The summed E-state index contributed by atoms with van der Waals surface area (Å²) in [5, 5.41) is 4.56. The van der Waals surface area contributed by atoms with Crippen molar-refractivity contribution in [2.45, 2.75) is 19.0 Å². The van der Waals surface area contributed by atoms with Crippen LogP contribution < -0.4 is 5.32 Å². The lowest BCUT2D eigenvalue weighted by atomic mass is 10.0. The maximum atomic E-state index is 13.2. The number of carbonyl (C=O) groups excluding carboxylic acids is 2. The van der Waals surface area contributed by atoms with Crippen LogP contribution in [0.2, 0.25) is 0 Å². The molecule has 1 N–H and O–H groups in total. The number of oxazole rings is 1. The van der Waals surface area contributed by atoms with E-state index in [1.807, 2.05) is 11.4 Å². The summed E-state index contributed by atoms with van der Waals surface area (Å²) >= 11 is 1.40. The number of benzene rings is 1. The van der Waals surface area contributed by atoms with E-state index in [-0.39, 0.29) is 18.3 Å². The number of halogens is 1. The van der Waals surface area contributed by atoms with Gasteiger partial charge < -0.3 is 9.73 Å². The molecule has 8 heteroatoms. The normalized spacial score (nSPS) is 20.8. The Morgan fingerprint density at radius 1 is 1.38 bits per heavy atom. The fourth-order valence-corrected chi connectivity index (χ4v) is 3.56. The van der Waals surface area contributed by atoms with Crippen molar-refractivity contribution in [3.05, 3.63) is 52.3 Å². The molecule has 4 rings (SSSR count). The van der Waals surface area contributed by atoms with Gasteiger partial charge in [-0.1, -0.05) is 6.07 Å². The topological polar surface area (TPSA) is 75.4 Å². The highest BCUT2D eigenvalue weighted by Gasteiger charge is 2.50. The lowest BCUT2D eigenvalue weighted by molar-refractivity contribution is -0.131.